The van der Waals surface area contributed by atoms with E-state index in [9.17, 15) is 9.90 Å². The Morgan fingerprint density at radius 1 is 1.32 bits per heavy atom. The van der Waals surface area contributed by atoms with E-state index in [1.165, 1.54) is 19.5 Å². The average molecular weight is 260 g/mol. The van der Waals surface area contributed by atoms with E-state index in [1.807, 2.05) is 0 Å². The van der Waals surface area contributed by atoms with Crippen LogP contribution in [0.4, 0.5) is 0 Å². The van der Waals surface area contributed by atoms with Gasteiger partial charge in [-0.25, -0.2) is 9.78 Å². The van der Waals surface area contributed by atoms with Crippen LogP contribution in [0.1, 0.15) is 16.1 Å². The van der Waals surface area contributed by atoms with Gasteiger partial charge in [-0.15, -0.1) is 0 Å². The summed E-state index contributed by atoms with van der Waals surface area (Å²) in [5.41, 5.74) is 0.675. The molecule has 0 aliphatic carbocycles. The van der Waals surface area contributed by atoms with Crippen LogP contribution in [0.5, 0.6) is 11.6 Å². The third-order valence-electron chi connectivity index (χ3n) is 2.36. The molecular formula is C13H12N2O4. The van der Waals surface area contributed by atoms with Gasteiger partial charge in [0, 0.05) is 5.56 Å². The van der Waals surface area contributed by atoms with Crippen LogP contribution in [0, 0.1) is 0 Å². The minimum Gasteiger partial charge on any atom is -0.464 e. The number of nitrogens with zero attached hydrogens (tertiary/aromatic N) is 2. The van der Waals surface area contributed by atoms with E-state index in [-0.39, 0.29) is 18.2 Å². The van der Waals surface area contributed by atoms with Gasteiger partial charge in [0.05, 0.1) is 26.1 Å². The maximum absolute atomic E-state index is 11.3. The Hall–Kier alpha value is -2.47. The van der Waals surface area contributed by atoms with E-state index in [0.717, 1.165) is 0 Å². The third kappa shape index (κ3) is 3.05. The number of benzene rings is 1. The minimum atomic E-state index is -0.589. The van der Waals surface area contributed by atoms with Crippen LogP contribution < -0.4 is 4.74 Å². The van der Waals surface area contributed by atoms with E-state index in [0.29, 0.717) is 11.3 Å². The summed E-state index contributed by atoms with van der Waals surface area (Å²) in [6.45, 7) is -0.152. The summed E-state index contributed by atoms with van der Waals surface area (Å²) >= 11 is 0. The first-order chi connectivity index (χ1) is 9.24. The van der Waals surface area contributed by atoms with E-state index in [2.05, 4.69) is 14.7 Å². The molecule has 6 nitrogen and oxygen atoms in total. The maximum atomic E-state index is 11.3. The molecule has 2 aromatic rings. The number of para-hydroxylation sites is 1. The molecule has 1 heterocycles. The van der Waals surface area contributed by atoms with Gasteiger partial charge in [0.15, 0.2) is 5.69 Å². The highest BCUT2D eigenvalue weighted by atomic mass is 16.5. The first kappa shape index (κ1) is 13.0. The lowest BCUT2D eigenvalue weighted by atomic mass is 10.2. The average Bonchev–Trinajstić information content (AvgIpc) is 2.47. The first-order valence-corrected chi connectivity index (χ1v) is 5.51. The van der Waals surface area contributed by atoms with Crippen LogP contribution in [0.3, 0.4) is 0 Å². The molecule has 2 rings (SSSR count). The van der Waals surface area contributed by atoms with Gasteiger partial charge in [-0.3, -0.25) is 4.98 Å². The molecule has 0 spiro atoms. The Bertz CT molecular complexity index is 586. The topological polar surface area (TPSA) is 81.5 Å². The Balaban J connectivity index is 2.26. The second-order valence-electron chi connectivity index (χ2n) is 3.60. The Kier molecular flexibility index (Phi) is 4.04. The van der Waals surface area contributed by atoms with E-state index < -0.39 is 5.97 Å². The Morgan fingerprint density at radius 2 is 2.11 bits per heavy atom. The molecule has 0 aliphatic heterocycles. The fourth-order valence-electron chi connectivity index (χ4n) is 1.45. The summed E-state index contributed by atoms with van der Waals surface area (Å²) < 4.78 is 10.0. The van der Waals surface area contributed by atoms with E-state index in [1.54, 1.807) is 24.3 Å². The van der Waals surface area contributed by atoms with Gasteiger partial charge < -0.3 is 14.6 Å². The molecule has 0 fully saturated rings. The molecule has 0 atom stereocenters. The molecule has 98 valence electrons. The van der Waals surface area contributed by atoms with Crippen LogP contribution >= 0.6 is 0 Å². The highest BCUT2D eigenvalue weighted by Crippen LogP contribution is 2.23. The standard InChI is InChI=1S/C13H12N2O4/c1-18-13(17)10-6-14-7-12(15-10)19-11-5-3-2-4-9(11)8-16/h2-7,16H,8H2,1H3. The molecule has 0 radical (unpaired) electrons. The number of hydrogen-bond acceptors (Lipinski definition) is 6. The number of carbonyl (C=O) groups excluding carboxylic acids is 1. The van der Waals surface area contributed by atoms with E-state index >= 15 is 0 Å². The molecule has 0 bridgehead atoms. The molecule has 19 heavy (non-hydrogen) atoms. The number of methoxy groups -OCH3 is 1. The van der Waals surface area contributed by atoms with Crippen molar-refractivity contribution in [3.63, 3.8) is 0 Å². The second kappa shape index (κ2) is 5.92. The molecule has 0 saturated carbocycles. The number of ether oxygens (including phenoxy) is 2. The van der Waals surface area contributed by atoms with Gasteiger partial charge in [-0.05, 0) is 6.07 Å². The van der Waals surface area contributed by atoms with Crippen LogP contribution in [-0.4, -0.2) is 28.2 Å². The molecule has 1 N–H and O–H groups in total. The summed E-state index contributed by atoms with van der Waals surface area (Å²) in [5, 5.41) is 9.19. The number of esters is 1. The summed E-state index contributed by atoms with van der Waals surface area (Å²) in [6, 6.07) is 6.98. The number of hydrogen-bond donors (Lipinski definition) is 1. The fraction of sp³-hybridized carbons (Fsp3) is 0.154. The predicted octanol–water partition coefficient (Wildman–Crippen LogP) is 1.55. The second-order valence-corrected chi connectivity index (χ2v) is 3.60. The SMILES string of the molecule is COC(=O)c1cncc(Oc2ccccc2CO)n1. The quantitative estimate of drug-likeness (QED) is 0.840. The first-order valence-electron chi connectivity index (χ1n) is 5.51. The zero-order valence-electron chi connectivity index (χ0n) is 10.2. The minimum absolute atomic E-state index is 0.0569. The molecule has 0 aliphatic rings. The van der Waals surface area contributed by atoms with Gasteiger partial charge in [-0.2, -0.15) is 0 Å². The van der Waals surface area contributed by atoms with Crippen LogP contribution in [0.25, 0.3) is 0 Å². The lowest BCUT2D eigenvalue weighted by molar-refractivity contribution is 0.0592. The maximum Gasteiger partial charge on any atom is 0.358 e. The van der Waals surface area contributed by atoms with Crippen molar-refractivity contribution >= 4 is 5.97 Å². The largest absolute Gasteiger partial charge is 0.464 e. The van der Waals surface area contributed by atoms with Gasteiger partial charge in [-0.1, -0.05) is 18.2 Å². The number of aromatic nitrogens is 2. The summed E-state index contributed by atoms with van der Waals surface area (Å²) in [5.74, 6) is 0.0264. The number of aliphatic hydroxyl groups is 1. The van der Waals surface area contributed by atoms with Crippen molar-refractivity contribution in [1.29, 1.82) is 0 Å². The van der Waals surface area contributed by atoms with Crippen LogP contribution in [-0.2, 0) is 11.3 Å². The normalized spacial score (nSPS) is 10.0. The molecule has 6 heteroatoms. The van der Waals surface area contributed by atoms with E-state index in [4.69, 9.17) is 4.74 Å². The molecule has 1 aromatic carbocycles. The zero-order valence-corrected chi connectivity index (χ0v) is 10.2. The molecule has 0 unspecified atom stereocenters. The van der Waals surface area contributed by atoms with Crippen molar-refractivity contribution in [1.82, 2.24) is 9.97 Å². The fourth-order valence-corrected chi connectivity index (χ4v) is 1.45. The lowest BCUT2D eigenvalue weighted by Crippen LogP contribution is -2.05. The van der Waals surface area contributed by atoms with Gasteiger partial charge in [0.25, 0.3) is 0 Å². The number of carbonyl (C=O) groups is 1. The zero-order chi connectivity index (χ0) is 13.7. The van der Waals surface area contributed by atoms with Crippen molar-refractivity contribution in [2.24, 2.45) is 0 Å². The number of rotatable bonds is 4. The highest BCUT2D eigenvalue weighted by molar-refractivity contribution is 5.86. The molecular weight excluding hydrogens is 248 g/mol. The molecule has 1 aromatic heterocycles. The van der Waals surface area contributed by atoms with Gasteiger partial charge in [0.2, 0.25) is 5.88 Å². The highest BCUT2D eigenvalue weighted by Gasteiger charge is 2.10. The van der Waals surface area contributed by atoms with Crippen molar-refractivity contribution in [2.45, 2.75) is 6.61 Å². The van der Waals surface area contributed by atoms with Gasteiger partial charge >= 0.3 is 5.97 Å². The summed E-state index contributed by atoms with van der Waals surface area (Å²) in [6.07, 6.45) is 2.66. The van der Waals surface area contributed by atoms with Crippen molar-refractivity contribution in [3.05, 3.63) is 47.9 Å². The summed E-state index contributed by atoms with van der Waals surface area (Å²) in [7, 11) is 1.26. The third-order valence-corrected chi connectivity index (χ3v) is 2.36. The monoisotopic (exact) mass is 260 g/mol. The smallest absolute Gasteiger partial charge is 0.358 e. The molecule has 0 saturated heterocycles. The Labute approximate surface area is 109 Å². The summed E-state index contributed by atoms with van der Waals surface area (Å²) in [4.78, 5) is 19.1. The van der Waals surface area contributed by atoms with Crippen LogP contribution in [0.2, 0.25) is 0 Å². The van der Waals surface area contributed by atoms with Crippen molar-refractivity contribution in [2.75, 3.05) is 7.11 Å². The van der Waals surface area contributed by atoms with Crippen LogP contribution in [0.15, 0.2) is 36.7 Å². The van der Waals surface area contributed by atoms with Crippen molar-refractivity contribution < 1.29 is 19.4 Å². The Morgan fingerprint density at radius 3 is 2.84 bits per heavy atom. The van der Waals surface area contributed by atoms with Crippen molar-refractivity contribution in [3.8, 4) is 11.6 Å². The predicted molar refractivity (Wildman–Crippen MR) is 65.8 cm³/mol. The number of aliphatic hydroxyl groups excluding tert-OH is 1. The molecule has 0 amide bonds. The lowest BCUT2D eigenvalue weighted by Gasteiger charge is -2.08. The van der Waals surface area contributed by atoms with Gasteiger partial charge in [0.1, 0.15) is 5.75 Å².